The molecule has 3 unspecified atom stereocenters. The van der Waals surface area contributed by atoms with E-state index >= 15 is 0 Å². The number of piperidine rings is 1. The molecular formula is C27H35NO4. The minimum Gasteiger partial charge on any atom is -0.497 e. The van der Waals surface area contributed by atoms with Crippen molar-refractivity contribution in [2.45, 2.75) is 50.5 Å². The van der Waals surface area contributed by atoms with Crippen LogP contribution in [0.25, 0.3) is 0 Å². The van der Waals surface area contributed by atoms with Gasteiger partial charge in [0.1, 0.15) is 5.75 Å². The first-order chi connectivity index (χ1) is 15.7. The van der Waals surface area contributed by atoms with Gasteiger partial charge in [0.25, 0.3) is 0 Å². The van der Waals surface area contributed by atoms with Gasteiger partial charge in [0.15, 0.2) is 11.5 Å². The summed E-state index contributed by atoms with van der Waals surface area (Å²) in [5, 5.41) is 3.60. The minimum atomic E-state index is 0.252. The van der Waals surface area contributed by atoms with E-state index in [0.29, 0.717) is 24.0 Å². The van der Waals surface area contributed by atoms with Crippen molar-refractivity contribution in [3.8, 4) is 17.2 Å². The standard InChI is InChI=1S/C27H35NO4/c1-29-22-5-3-4-19(14-22)17-27(10-12-28-13-11-27)21-7-9-24(30-2)23(16-21)20-6-8-25-26(15-20)32-18-31-25/h3-6,8,14-15,21,23-24,28H,7,9-13,16-18H2,1-2H3. The van der Waals surface area contributed by atoms with Gasteiger partial charge >= 0.3 is 0 Å². The van der Waals surface area contributed by atoms with E-state index in [1.54, 1.807) is 7.11 Å². The summed E-state index contributed by atoms with van der Waals surface area (Å²) < 4.78 is 22.7. The predicted octanol–water partition coefficient (Wildman–Crippen LogP) is 4.94. The van der Waals surface area contributed by atoms with Crippen LogP contribution in [0.15, 0.2) is 42.5 Å². The molecule has 0 radical (unpaired) electrons. The van der Waals surface area contributed by atoms with Crippen LogP contribution in [0.4, 0.5) is 0 Å². The van der Waals surface area contributed by atoms with Gasteiger partial charge in [-0.25, -0.2) is 0 Å². The number of hydrogen-bond acceptors (Lipinski definition) is 5. The van der Waals surface area contributed by atoms with Crippen molar-refractivity contribution < 1.29 is 18.9 Å². The number of fused-ring (bicyclic) bond motifs is 1. The van der Waals surface area contributed by atoms with Gasteiger partial charge < -0.3 is 24.3 Å². The van der Waals surface area contributed by atoms with Crippen molar-refractivity contribution in [1.82, 2.24) is 5.32 Å². The van der Waals surface area contributed by atoms with Crippen molar-refractivity contribution >= 4 is 0 Å². The van der Waals surface area contributed by atoms with Gasteiger partial charge in [-0.3, -0.25) is 0 Å². The van der Waals surface area contributed by atoms with Gasteiger partial charge in [-0.1, -0.05) is 18.2 Å². The van der Waals surface area contributed by atoms with E-state index in [0.717, 1.165) is 49.6 Å². The number of methoxy groups -OCH3 is 2. The normalized spacial score (nSPS) is 26.6. The van der Waals surface area contributed by atoms with Gasteiger partial charge in [0.05, 0.1) is 13.2 Å². The highest BCUT2D eigenvalue weighted by Gasteiger charge is 2.44. The molecule has 2 aromatic rings. The molecule has 1 saturated carbocycles. The molecule has 2 aliphatic heterocycles. The fraction of sp³-hybridized carbons (Fsp3) is 0.556. The summed E-state index contributed by atoms with van der Waals surface area (Å²) in [7, 11) is 3.61. The smallest absolute Gasteiger partial charge is 0.231 e. The van der Waals surface area contributed by atoms with Crippen LogP contribution in [-0.4, -0.2) is 40.2 Å². The highest BCUT2D eigenvalue weighted by atomic mass is 16.7. The molecule has 5 rings (SSSR count). The van der Waals surface area contributed by atoms with E-state index < -0.39 is 0 Å². The van der Waals surface area contributed by atoms with E-state index in [1.807, 2.05) is 13.2 Å². The fourth-order valence-corrected chi connectivity index (χ4v) is 6.32. The summed E-state index contributed by atoms with van der Waals surface area (Å²) in [6, 6.07) is 15.1. The van der Waals surface area contributed by atoms with Gasteiger partial charge in [0.2, 0.25) is 6.79 Å². The molecule has 5 nitrogen and oxygen atoms in total. The van der Waals surface area contributed by atoms with Crippen LogP contribution in [0, 0.1) is 11.3 Å². The second kappa shape index (κ2) is 9.32. The molecule has 3 atom stereocenters. The van der Waals surface area contributed by atoms with Crippen molar-refractivity contribution in [1.29, 1.82) is 0 Å². The van der Waals surface area contributed by atoms with E-state index in [9.17, 15) is 0 Å². The molecule has 5 heteroatoms. The molecule has 3 aliphatic rings. The third-order valence-electron chi connectivity index (χ3n) is 8.07. The first-order valence-corrected chi connectivity index (χ1v) is 12.0. The molecule has 2 aromatic carbocycles. The molecule has 172 valence electrons. The minimum absolute atomic E-state index is 0.252. The van der Waals surface area contributed by atoms with Gasteiger partial charge in [-0.15, -0.1) is 0 Å². The molecule has 0 spiro atoms. The second-order valence-electron chi connectivity index (χ2n) is 9.64. The quantitative estimate of drug-likeness (QED) is 0.694. The van der Waals surface area contributed by atoms with Crippen LogP contribution in [0.1, 0.15) is 49.1 Å². The Hall–Kier alpha value is -2.24. The summed E-state index contributed by atoms with van der Waals surface area (Å²) in [4.78, 5) is 0. The summed E-state index contributed by atoms with van der Waals surface area (Å²) >= 11 is 0. The molecule has 0 amide bonds. The summed E-state index contributed by atoms with van der Waals surface area (Å²) in [6.45, 7) is 2.52. The second-order valence-corrected chi connectivity index (χ2v) is 9.64. The lowest BCUT2D eigenvalue weighted by atomic mass is 9.59. The molecule has 2 fully saturated rings. The number of ether oxygens (including phenoxy) is 4. The maximum absolute atomic E-state index is 5.99. The molecule has 0 aromatic heterocycles. The lowest BCUT2D eigenvalue weighted by Gasteiger charge is -2.49. The van der Waals surface area contributed by atoms with Gasteiger partial charge in [-0.2, -0.15) is 0 Å². The molecule has 1 N–H and O–H groups in total. The molecule has 1 aliphatic carbocycles. The van der Waals surface area contributed by atoms with Crippen LogP contribution in [0.5, 0.6) is 17.2 Å². The van der Waals surface area contributed by atoms with Crippen molar-refractivity contribution in [2.75, 3.05) is 34.1 Å². The Kier molecular flexibility index (Phi) is 6.29. The van der Waals surface area contributed by atoms with Crippen LogP contribution in [0.2, 0.25) is 0 Å². The largest absolute Gasteiger partial charge is 0.497 e. The van der Waals surface area contributed by atoms with Crippen LogP contribution in [-0.2, 0) is 11.2 Å². The first kappa shape index (κ1) is 21.6. The number of hydrogen-bond donors (Lipinski definition) is 1. The third kappa shape index (κ3) is 4.20. The van der Waals surface area contributed by atoms with Crippen molar-refractivity contribution in [3.63, 3.8) is 0 Å². The molecule has 2 heterocycles. The summed E-state index contributed by atoms with van der Waals surface area (Å²) in [5.74, 6) is 3.71. The van der Waals surface area contributed by atoms with E-state index in [1.165, 1.54) is 30.4 Å². The van der Waals surface area contributed by atoms with Crippen LogP contribution < -0.4 is 19.5 Å². The number of benzene rings is 2. The third-order valence-corrected chi connectivity index (χ3v) is 8.07. The summed E-state index contributed by atoms with van der Waals surface area (Å²) in [5.41, 5.74) is 3.02. The van der Waals surface area contributed by atoms with Gasteiger partial charge in [-0.05, 0) is 98.3 Å². The van der Waals surface area contributed by atoms with Crippen LogP contribution >= 0.6 is 0 Å². The Labute approximate surface area is 191 Å². The van der Waals surface area contributed by atoms with Crippen molar-refractivity contribution in [2.24, 2.45) is 11.3 Å². The fourth-order valence-electron chi connectivity index (χ4n) is 6.32. The van der Waals surface area contributed by atoms with E-state index in [2.05, 4.69) is 41.7 Å². The van der Waals surface area contributed by atoms with E-state index in [4.69, 9.17) is 18.9 Å². The average Bonchev–Trinajstić information content (AvgIpc) is 3.32. The SMILES string of the molecule is COc1cccc(CC2(C3CCC(OC)C(c4ccc5c(c4)OCO5)C3)CCNCC2)c1. The zero-order valence-electron chi connectivity index (χ0n) is 19.3. The highest BCUT2D eigenvalue weighted by Crippen LogP contribution is 2.51. The zero-order chi connectivity index (χ0) is 22.0. The Morgan fingerprint density at radius 1 is 1.00 bits per heavy atom. The molecule has 1 saturated heterocycles. The Balaban J connectivity index is 1.42. The molecule has 32 heavy (non-hydrogen) atoms. The average molecular weight is 438 g/mol. The number of nitrogens with one attached hydrogen (secondary N) is 1. The van der Waals surface area contributed by atoms with E-state index in [-0.39, 0.29) is 6.10 Å². The molecule has 0 bridgehead atoms. The Morgan fingerprint density at radius 2 is 1.84 bits per heavy atom. The summed E-state index contributed by atoms with van der Waals surface area (Å²) in [6.07, 6.45) is 7.30. The number of rotatable bonds is 6. The monoisotopic (exact) mass is 437 g/mol. The topological polar surface area (TPSA) is 49.0 Å². The predicted molar refractivity (Wildman–Crippen MR) is 125 cm³/mol. The zero-order valence-corrected chi connectivity index (χ0v) is 19.3. The van der Waals surface area contributed by atoms with Gasteiger partial charge in [0, 0.05) is 13.0 Å². The lowest BCUT2D eigenvalue weighted by molar-refractivity contribution is -0.00648. The first-order valence-electron chi connectivity index (χ1n) is 12.0. The van der Waals surface area contributed by atoms with Crippen LogP contribution in [0.3, 0.4) is 0 Å². The maximum Gasteiger partial charge on any atom is 0.231 e. The highest BCUT2D eigenvalue weighted by molar-refractivity contribution is 5.45. The molecular weight excluding hydrogens is 402 g/mol. The Morgan fingerprint density at radius 3 is 2.66 bits per heavy atom. The maximum atomic E-state index is 5.99. The Bertz CT molecular complexity index is 924. The lowest BCUT2D eigenvalue weighted by Crippen LogP contribution is -2.46. The van der Waals surface area contributed by atoms with Crippen molar-refractivity contribution in [3.05, 3.63) is 53.6 Å².